The molecule has 0 radical (unpaired) electrons. The fourth-order valence-corrected chi connectivity index (χ4v) is 2.91. The highest BCUT2D eigenvalue weighted by atomic mass is 16.5. The average molecular weight is 361 g/mol. The Morgan fingerprint density at radius 1 is 1.04 bits per heavy atom. The lowest BCUT2D eigenvalue weighted by molar-refractivity contribution is -0.137. The quantitative estimate of drug-likeness (QED) is 0.325. The number of benzene rings is 2. The molecule has 0 amide bonds. The maximum Gasteiger partial charge on any atom is 0.331 e. The molecule has 0 atom stereocenters. The summed E-state index contributed by atoms with van der Waals surface area (Å²) in [7, 11) is 0. The fourth-order valence-electron chi connectivity index (χ4n) is 2.91. The molecule has 0 N–H and O–H groups in total. The fraction of sp³-hybridized carbons (Fsp3) is 0.333. The summed E-state index contributed by atoms with van der Waals surface area (Å²) in [6, 6.07) is 19.1. The van der Waals surface area contributed by atoms with Gasteiger partial charge in [0.15, 0.2) is 0 Å². The molecule has 0 unspecified atom stereocenters. The second-order valence-electron chi connectivity index (χ2n) is 6.99. The standard InChI is InChI=1S/C24H27NO2/c1-19(2)11-5-4-10-16-27-24(26)17-23(20-12-6-3-7-13-20)22-15-9-8-14-21(22)18-25/h3,6-9,12-15,17,19H,4-5,10-11,16H2,1-2H3/b23-17+. The lowest BCUT2D eigenvalue weighted by Crippen LogP contribution is -2.05. The van der Waals surface area contributed by atoms with Gasteiger partial charge < -0.3 is 4.74 Å². The molecular formula is C24H27NO2. The Bertz CT molecular complexity index is 801. The van der Waals surface area contributed by atoms with Crippen molar-refractivity contribution in [3.8, 4) is 6.07 Å². The van der Waals surface area contributed by atoms with Crippen LogP contribution in [0.3, 0.4) is 0 Å². The minimum atomic E-state index is -0.370. The molecule has 3 heteroatoms. The highest BCUT2D eigenvalue weighted by molar-refractivity contribution is 5.97. The zero-order valence-electron chi connectivity index (χ0n) is 16.2. The summed E-state index contributed by atoms with van der Waals surface area (Å²) in [5, 5.41) is 9.42. The van der Waals surface area contributed by atoms with Crippen LogP contribution in [0.2, 0.25) is 0 Å². The number of esters is 1. The van der Waals surface area contributed by atoms with Gasteiger partial charge in [-0.25, -0.2) is 4.79 Å². The maximum absolute atomic E-state index is 12.4. The Morgan fingerprint density at radius 2 is 1.74 bits per heavy atom. The molecule has 27 heavy (non-hydrogen) atoms. The Morgan fingerprint density at radius 3 is 2.44 bits per heavy atom. The summed E-state index contributed by atoms with van der Waals surface area (Å²) in [5.74, 6) is 0.342. The van der Waals surface area contributed by atoms with Gasteiger partial charge >= 0.3 is 5.97 Å². The average Bonchev–Trinajstić information content (AvgIpc) is 2.69. The Labute approximate surface area is 162 Å². The van der Waals surface area contributed by atoms with Crippen LogP contribution in [0.1, 0.15) is 56.2 Å². The van der Waals surface area contributed by atoms with E-state index in [-0.39, 0.29) is 5.97 Å². The largest absolute Gasteiger partial charge is 0.463 e. The van der Waals surface area contributed by atoms with E-state index in [2.05, 4.69) is 19.9 Å². The molecule has 0 aliphatic rings. The number of unbranched alkanes of at least 4 members (excludes halogenated alkanes) is 2. The Hall–Kier alpha value is -2.86. The number of nitrogens with zero attached hydrogens (tertiary/aromatic N) is 1. The molecule has 0 saturated carbocycles. The zero-order valence-corrected chi connectivity index (χ0v) is 16.2. The first kappa shape index (κ1) is 20.5. The molecule has 0 aliphatic heterocycles. The molecule has 2 aromatic carbocycles. The van der Waals surface area contributed by atoms with Crippen LogP contribution in [0.4, 0.5) is 0 Å². The van der Waals surface area contributed by atoms with Gasteiger partial charge in [-0.15, -0.1) is 0 Å². The Balaban J connectivity index is 2.10. The predicted octanol–water partition coefficient (Wildman–Crippen LogP) is 5.75. The second kappa shape index (κ2) is 11.0. The van der Waals surface area contributed by atoms with E-state index >= 15 is 0 Å². The van der Waals surface area contributed by atoms with Gasteiger partial charge in [0.1, 0.15) is 0 Å². The van der Waals surface area contributed by atoms with E-state index in [9.17, 15) is 10.1 Å². The van der Waals surface area contributed by atoms with Crippen molar-refractivity contribution in [1.29, 1.82) is 5.26 Å². The molecule has 0 aliphatic carbocycles. The third-order valence-corrected chi connectivity index (χ3v) is 4.35. The van der Waals surface area contributed by atoms with E-state index in [4.69, 9.17) is 4.74 Å². The monoisotopic (exact) mass is 361 g/mol. The number of carbonyl (C=O) groups is 1. The van der Waals surface area contributed by atoms with E-state index in [1.54, 1.807) is 6.07 Å². The molecular weight excluding hydrogens is 334 g/mol. The number of hydrogen-bond acceptors (Lipinski definition) is 3. The molecule has 0 saturated heterocycles. The number of nitriles is 1. The van der Waals surface area contributed by atoms with Gasteiger partial charge in [0.2, 0.25) is 0 Å². The third-order valence-electron chi connectivity index (χ3n) is 4.35. The molecule has 0 fully saturated rings. The number of ether oxygens (including phenoxy) is 1. The van der Waals surface area contributed by atoms with Gasteiger partial charge in [-0.3, -0.25) is 0 Å². The van der Waals surface area contributed by atoms with Gasteiger partial charge in [0, 0.05) is 11.6 Å². The molecule has 0 heterocycles. The van der Waals surface area contributed by atoms with Crippen molar-refractivity contribution in [1.82, 2.24) is 0 Å². The summed E-state index contributed by atoms with van der Waals surface area (Å²) in [6.45, 7) is 4.86. The molecule has 0 spiro atoms. The summed E-state index contributed by atoms with van der Waals surface area (Å²) >= 11 is 0. The van der Waals surface area contributed by atoms with Crippen molar-refractivity contribution < 1.29 is 9.53 Å². The number of hydrogen-bond donors (Lipinski definition) is 0. The van der Waals surface area contributed by atoms with E-state index in [0.29, 0.717) is 23.7 Å². The first-order valence-electron chi connectivity index (χ1n) is 9.55. The van der Waals surface area contributed by atoms with Gasteiger partial charge in [-0.2, -0.15) is 5.26 Å². The smallest absolute Gasteiger partial charge is 0.331 e. The molecule has 140 valence electrons. The minimum absolute atomic E-state index is 0.370. The third kappa shape index (κ3) is 6.75. The lowest BCUT2D eigenvalue weighted by Gasteiger charge is -2.10. The molecule has 2 aromatic rings. The highest BCUT2D eigenvalue weighted by Gasteiger charge is 2.12. The van der Waals surface area contributed by atoms with Crippen molar-refractivity contribution in [2.45, 2.75) is 39.5 Å². The van der Waals surface area contributed by atoms with E-state index in [0.717, 1.165) is 30.4 Å². The number of carbonyl (C=O) groups excluding carboxylic acids is 1. The topological polar surface area (TPSA) is 50.1 Å². The van der Waals surface area contributed by atoms with Gasteiger partial charge in [0.25, 0.3) is 0 Å². The highest BCUT2D eigenvalue weighted by Crippen LogP contribution is 2.26. The van der Waals surface area contributed by atoms with Crippen LogP contribution >= 0.6 is 0 Å². The SMILES string of the molecule is CC(C)CCCCCOC(=O)/C=C(\c1ccccc1)c1ccccc1C#N. The zero-order chi connectivity index (χ0) is 19.5. The van der Waals surface area contributed by atoms with Crippen LogP contribution in [-0.2, 0) is 9.53 Å². The van der Waals surface area contributed by atoms with Crippen LogP contribution in [0.15, 0.2) is 60.7 Å². The van der Waals surface area contributed by atoms with Crippen LogP contribution in [0, 0.1) is 17.2 Å². The second-order valence-corrected chi connectivity index (χ2v) is 6.99. The summed E-state index contributed by atoms with van der Waals surface area (Å²) in [4.78, 5) is 12.4. The summed E-state index contributed by atoms with van der Waals surface area (Å²) in [6.07, 6.45) is 5.81. The first-order chi connectivity index (χ1) is 13.1. The predicted molar refractivity (Wildman–Crippen MR) is 109 cm³/mol. The first-order valence-corrected chi connectivity index (χ1v) is 9.55. The minimum Gasteiger partial charge on any atom is -0.463 e. The van der Waals surface area contributed by atoms with Crippen molar-refractivity contribution in [2.24, 2.45) is 5.92 Å². The van der Waals surface area contributed by atoms with Crippen LogP contribution in [0.5, 0.6) is 0 Å². The lowest BCUT2D eigenvalue weighted by atomic mass is 9.94. The maximum atomic E-state index is 12.4. The van der Waals surface area contributed by atoms with E-state index < -0.39 is 0 Å². The van der Waals surface area contributed by atoms with Gasteiger partial charge in [-0.1, -0.05) is 81.6 Å². The van der Waals surface area contributed by atoms with Crippen molar-refractivity contribution >= 4 is 11.5 Å². The summed E-state index contributed by atoms with van der Waals surface area (Å²) < 4.78 is 5.40. The van der Waals surface area contributed by atoms with Gasteiger partial charge in [-0.05, 0) is 29.5 Å². The van der Waals surface area contributed by atoms with E-state index in [1.165, 1.54) is 12.5 Å². The van der Waals surface area contributed by atoms with Crippen LogP contribution in [0.25, 0.3) is 5.57 Å². The Kier molecular flexibility index (Phi) is 8.32. The molecule has 3 nitrogen and oxygen atoms in total. The molecule has 2 rings (SSSR count). The molecule has 0 aromatic heterocycles. The van der Waals surface area contributed by atoms with Crippen molar-refractivity contribution in [2.75, 3.05) is 6.61 Å². The number of rotatable bonds is 9. The summed E-state index contributed by atoms with van der Waals surface area (Å²) in [5.41, 5.74) is 2.86. The van der Waals surface area contributed by atoms with E-state index in [1.807, 2.05) is 48.5 Å². The van der Waals surface area contributed by atoms with Crippen LogP contribution in [-0.4, -0.2) is 12.6 Å². The normalized spacial score (nSPS) is 11.3. The van der Waals surface area contributed by atoms with Crippen LogP contribution < -0.4 is 0 Å². The molecule has 0 bridgehead atoms. The van der Waals surface area contributed by atoms with Crippen molar-refractivity contribution in [3.63, 3.8) is 0 Å². The van der Waals surface area contributed by atoms with Crippen molar-refractivity contribution in [3.05, 3.63) is 77.4 Å². The van der Waals surface area contributed by atoms with Gasteiger partial charge in [0.05, 0.1) is 18.2 Å².